The first-order valence-corrected chi connectivity index (χ1v) is 25.2. The van der Waals surface area contributed by atoms with E-state index >= 15 is 0 Å². The van der Waals surface area contributed by atoms with Gasteiger partial charge >= 0.3 is 7.82 Å². The lowest BCUT2D eigenvalue weighted by atomic mass is 9.85. The van der Waals surface area contributed by atoms with E-state index in [-0.39, 0.29) is 12.8 Å². The summed E-state index contributed by atoms with van der Waals surface area (Å²) in [5.41, 5.74) is 0. The van der Waals surface area contributed by atoms with Crippen LogP contribution >= 0.6 is 7.82 Å². The van der Waals surface area contributed by atoms with Gasteiger partial charge in [0, 0.05) is 0 Å². The Hall–Kier alpha value is -0.960. The fraction of sp³-hybridized carbons (Fsp3) is 0.933. The lowest BCUT2D eigenvalue weighted by Gasteiger charge is -2.41. The van der Waals surface area contributed by atoms with Crippen LogP contribution in [0.25, 0.3) is 0 Å². The zero-order valence-corrected chi connectivity index (χ0v) is 37.8. The van der Waals surface area contributed by atoms with Crippen molar-refractivity contribution in [2.24, 2.45) is 0 Å². The number of carbonyl (C=O) groups excluding carboxylic acids is 1. The van der Waals surface area contributed by atoms with Crippen molar-refractivity contribution >= 4 is 13.7 Å². The Morgan fingerprint density at radius 2 is 0.949 bits per heavy atom. The molecule has 0 aromatic heterocycles. The van der Waals surface area contributed by atoms with E-state index in [0.717, 1.165) is 70.6 Å². The number of unbranched alkanes of at least 4 members (excludes halogenated alkanes) is 24. The van der Waals surface area contributed by atoms with Crippen LogP contribution in [0.4, 0.5) is 0 Å². The number of nitrogens with one attached hydrogen (secondary N) is 1. The van der Waals surface area contributed by atoms with Crippen LogP contribution in [0.15, 0.2) is 12.2 Å². The summed E-state index contributed by atoms with van der Waals surface area (Å²) in [6.07, 6.45) is 22.8. The summed E-state index contributed by atoms with van der Waals surface area (Å²) in [4.78, 5) is 23.4. The number of allylic oxidation sites excluding steroid dienone is 2. The monoisotopic (exact) mass is 866 g/mol. The van der Waals surface area contributed by atoms with Gasteiger partial charge in [-0.05, 0) is 38.5 Å². The van der Waals surface area contributed by atoms with Crippen molar-refractivity contribution in [3.8, 4) is 0 Å². The van der Waals surface area contributed by atoms with Gasteiger partial charge in [-0.25, -0.2) is 4.57 Å². The van der Waals surface area contributed by atoms with Gasteiger partial charge < -0.3 is 46.0 Å². The molecule has 0 aliphatic heterocycles. The molecule has 14 heteroatoms. The SMILES string of the molecule is CCCCCCCCCCCC/C=C\CCCCCCCC(O)CC(=O)NC(COP(=O)(O)OC1C(O)C(O)C(O)C(O)C1O)C(O)CCCCCCCCCCCC. The van der Waals surface area contributed by atoms with Crippen LogP contribution in [-0.4, -0.2) is 108 Å². The number of phosphoric acid groups is 1. The third-order valence-electron chi connectivity index (χ3n) is 11.6. The molecular formula is C45H88NO12P. The summed E-state index contributed by atoms with van der Waals surface area (Å²) in [5, 5.41) is 74.5. The Morgan fingerprint density at radius 1 is 0.576 bits per heavy atom. The van der Waals surface area contributed by atoms with E-state index < -0.39 is 75.2 Å². The molecule has 1 saturated carbocycles. The number of carbonyl (C=O) groups is 1. The van der Waals surface area contributed by atoms with Crippen molar-refractivity contribution in [1.29, 1.82) is 0 Å². The quantitative estimate of drug-likeness (QED) is 0.0164. The van der Waals surface area contributed by atoms with Crippen LogP contribution in [-0.2, 0) is 18.4 Å². The van der Waals surface area contributed by atoms with Crippen molar-refractivity contribution in [3.63, 3.8) is 0 Å². The van der Waals surface area contributed by atoms with E-state index in [1.807, 2.05) is 0 Å². The molecule has 1 fully saturated rings. The first kappa shape index (κ1) is 56.1. The lowest BCUT2D eigenvalue weighted by molar-refractivity contribution is -0.220. The number of amides is 1. The van der Waals surface area contributed by atoms with Crippen LogP contribution in [0.1, 0.15) is 206 Å². The van der Waals surface area contributed by atoms with Gasteiger partial charge in [-0.3, -0.25) is 13.8 Å². The van der Waals surface area contributed by atoms with Gasteiger partial charge in [0.15, 0.2) is 0 Å². The summed E-state index contributed by atoms with van der Waals surface area (Å²) in [7, 11) is -5.11. The summed E-state index contributed by atoms with van der Waals surface area (Å²) in [6, 6.07) is -1.15. The highest BCUT2D eigenvalue weighted by molar-refractivity contribution is 7.47. The minimum Gasteiger partial charge on any atom is -0.393 e. The van der Waals surface area contributed by atoms with Crippen molar-refractivity contribution in [2.45, 2.75) is 261 Å². The van der Waals surface area contributed by atoms with Crippen molar-refractivity contribution in [1.82, 2.24) is 5.32 Å². The third kappa shape index (κ3) is 27.7. The average molecular weight is 866 g/mol. The summed E-state index contributed by atoms with van der Waals surface area (Å²) in [6.45, 7) is 3.76. The molecule has 0 saturated heterocycles. The average Bonchev–Trinajstić information content (AvgIpc) is 3.21. The molecule has 9 N–H and O–H groups in total. The van der Waals surface area contributed by atoms with Crippen LogP contribution in [0.2, 0.25) is 0 Å². The third-order valence-corrected chi connectivity index (χ3v) is 12.6. The zero-order valence-electron chi connectivity index (χ0n) is 36.9. The molecule has 350 valence electrons. The fourth-order valence-electron chi connectivity index (χ4n) is 7.71. The van der Waals surface area contributed by atoms with Crippen LogP contribution < -0.4 is 5.32 Å². The van der Waals surface area contributed by atoms with Crippen LogP contribution in [0.3, 0.4) is 0 Å². The molecule has 8 unspecified atom stereocenters. The standard InChI is InChI=1S/C45H88NO12P/c1-3-5-7-9-11-13-15-16-17-18-19-20-21-22-23-24-26-28-30-32-36(47)34-39(49)46-37(38(48)33-31-29-27-25-14-12-10-8-6-4-2)35-57-59(55,56)58-45-43(53)41(51)40(50)42(52)44(45)54/h20-21,36-38,40-45,47-48,50-54H,3-19,22-35H2,1-2H3,(H,46,49)(H,55,56)/b21-20-. The second-order valence-corrected chi connectivity index (χ2v) is 18.6. The summed E-state index contributed by atoms with van der Waals surface area (Å²) in [5.74, 6) is -0.565. The summed E-state index contributed by atoms with van der Waals surface area (Å²) < 4.78 is 22.9. The first-order valence-electron chi connectivity index (χ1n) is 23.7. The maximum absolute atomic E-state index is 13.0. The number of hydrogen-bond donors (Lipinski definition) is 9. The van der Waals surface area contributed by atoms with Crippen molar-refractivity contribution in [2.75, 3.05) is 6.61 Å². The maximum Gasteiger partial charge on any atom is 0.472 e. The number of aliphatic hydroxyl groups is 7. The second-order valence-electron chi connectivity index (χ2n) is 17.1. The topological polar surface area (TPSA) is 226 Å². The minimum atomic E-state index is -5.11. The van der Waals surface area contributed by atoms with Crippen LogP contribution in [0, 0.1) is 0 Å². The Bertz CT molecular complexity index is 1070. The highest BCUT2D eigenvalue weighted by Gasteiger charge is 2.51. The first-order chi connectivity index (χ1) is 28.3. The molecule has 1 amide bonds. The highest BCUT2D eigenvalue weighted by Crippen LogP contribution is 2.47. The van der Waals surface area contributed by atoms with Gasteiger partial charge in [-0.15, -0.1) is 0 Å². The van der Waals surface area contributed by atoms with E-state index in [9.17, 15) is 50.0 Å². The second kappa shape index (κ2) is 35.5. The highest BCUT2D eigenvalue weighted by atomic mass is 31.2. The lowest BCUT2D eigenvalue weighted by Crippen LogP contribution is -2.64. The van der Waals surface area contributed by atoms with E-state index in [1.165, 1.54) is 96.3 Å². The summed E-state index contributed by atoms with van der Waals surface area (Å²) >= 11 is 0. The van der Waals surface area contributed by atoms with E-state index in [1.54, 1.807) is 0 Å². The molecule has 59 heavy (non-hydrogen) atoms. The molecule has 0 radical (unpaired) electrons. The minimum absolute atomic E-state index is 0.225. The molecule has 1 aliphatic carbocycles. The molecule has 0 aromatic carbocycles. The Morgan fingerprint density at radius 3 is 1.39 bits per heavy atom. The van der Waals surface area contributed by atoms with E-state index in [0.29, 0.717) is 12.8 Å². The van der Waals surface area contributed by atoms with Crippen molar-refractivity contribution < 1.29 is 59.0 Å². The number of phosphoric ester groups is 1. The predicted octanol–water partition coefficient (Wildman–Crippen LogP) is 7.81. The van der Waals surface area contributed by atoms with Gasteiger partial charge in [0.05, 0.1) is 31.3 Å². The molecule has 0 aromatic rings. The van der Waals surface area contributed by atoms with Crippen molar-refractivity contribution in [3.05, 3.63) is 12.2 Å². The number of hydrogen-bond acceptors (Lipinski definition) is 11. The van der Waals surface area contributed by atoms with Gasteiger partial charge in [0.1, 0.15) is 36.6 Å². The largest absolute Gasteiger partial charge is 0.472 e. The smallest absolute Gasteiger partial charge is 0.393 e. The van der Waals surface area contributed by atoms with E-state index in [4.69, 9.17) is 9.05 Å². The molecule has 8 atom stereocenters. The molecule has 0 spiro atoms. The molecule has 1 rings (SSSR count). The number of rotatable bonds is 39. The molecule has 13 nitrogen and oxygen atoms in total. The molecule has 1 aliphatic rings. The number of aliphatic hydroxyl groups excluding tert-OH is 7. The maximum atomic E-state index is 13.0. The Kier molecular flexibility index (Phi) is 33.7. The predicted molar refractivity (Wildman–Crippen MR) is 234 cm³/mol. The Labute approximate surface area is 357 Å². The molecular weight excluding hydrogens is 777 g/mol. The fourth-order valence-corrected chi connectivity index (χ4v) is 8.68. The molecule has 0 heterocycles. The van der Waals surface area contributed by atoms with Gasteiger partial charge in [-0.1, -0.05) is 174 Å². The van der Waals surface area contributed by atoms with Gasteiger partial charge in [-0.2, -0.15) is 0 Å². The van der Waals surface area contributed by atoms with Crippen LogP contribution in [0.5, 0.6) is 0 Å². The molecule has 0 bridgehead atoms. The van der Waals surface area contributed by atoms with E-state index in [2.05, 4.69) is 31.3 Å². The van der Waals surface area contributed by atoms with Gasteiger partial charge in [0.25, 0.3) is 0 Å². The van der Waals surface area contributed by atoms with Gasteiger partial charge in [0.2, 0.25) is 5.91 Å². The normalized spacial score (nSPS) is 23.6. The Balaban J connectivity index is 2.45. The zero-order chi connectivity index (χ0) is 43.7.